The van der Waals surface area contributed by atoms with Crippen molar-refractivity contribution in [1.82, 2.24) is 4.98 Å². The molecular weight excluding hydrogens is 330 g/mol. The van der Waals surface area contributed by atoms with E-state index in [1.54, 1.807) is 24.3 Å². The fourth-order valence-electron chi connectivity index (χ4n) is 2.47. The average molecular weight is 347 g/mol. The van der Waals surface area contributed by atoms with Crippen LogP contribution in [0.5, 0.6) is 0 Å². The predicted octanol–water partition coefficient (Wildman–Crippen LogP) is 4.80. The maximum absolute atomic E-state index is 12.6. The number of anilines is 1. The lowest BCUT2D eigenvalue weighted by molar-refractivity contribution is 0.103. The molecule has 0 atom stereocenters. The Balaban J connectivity index is 1.83. The van der Waals surface area contributed by atoms with Gasteiger partial charge in [-0.05, 0) is 37.1 Å². The molecule has 0 aliphatic rings. The zero-order chi connectivity index (χ0) is 17.8. The summed E-state index contributed by atoms with van der Waals surface area (Å²) in [7, 11) is 0. The first kappa shape index (κ1) is 16.9. The predicted molar refractivity (Wildman–Crippen MR) is 101 cm³/mol. The Labute approximate surface area is 150 Å². The van der Waals surface area contributed by atoms with Gasteiger partial charge in [0.1, 0.15) is 9.88 Å². The van der Waals surface area contributed by atoms with Gasteiger partial charge in [0.15, 0.2) is 0 Å². The Morgan fingerprint density at radius 1 is 1.24 bits per heavy atom. The molecule has 5 heteroatoms. The second kappa shape index (κ2) is 7.29. The number of benzene rings is 2. The first-order valence-electron chi connectivity index (χ1n) is 7.99. The maximum Gasteiger partial charge on any atom is 0.267 e. The Kier molecular flexibility index (Phi) is 4.92. The average Bonchev–Trinajstić information content (AvgIpc) is 3.04. The van der Waals surface area contributed by atoms with Crippen molar-refractivity contribution in [3.8, 4) is 16.6 Å². The number of thiazole rings is 1. The van der Waals surface area contributed by atoms with Crippen LogP contribution in [0, 0.1) is 18.3 Å². The van der Waals surface area contributed by atoms with Crippen molar-refractivity contribution in [2.75, 3.05) is 5.32 Å². The van der Waals surface area contributed by atoms with Gasteiger partial charge in [0.25, 0.3) is 5.91 Å². The summed E-state index contributed by atoms with van der Waals surface area (Å²) in [5.74, 6) is -0.207. The summed E-state index contributed by atoms with van der Waals surface area (Å²) in [5, 5.41) is 12.6. The molecule has 3 rings (SSSR count). The molecule has 1 heterocycles. The number of carbonyl (C=O) groups excluding carboxylic acids is 1. The lowest BCUT2D eigenvalue weighted by Gasteiger charge is -2.04. The molecule has 1 N–H and O–H groups in total. The van der Waals surface area contributed by atoms with E-state index in [2.05, 4.69) is 35.4 Å². The third-order valence-corrected chi connectivity index (χ3v) is 5.07. The largest absolute Gasteiger partial charge is 0.321 e. The van der Waals surface area contributed by atoms with E-state index in [-0.39, 0.29) is 5.91 Å². The number of rotatable bonds is 4. The fraction of sp³-hybridized carbons (Fsp3) is 0.150. The molecule has 2 aromatic carbocycles. The van der Waals surface area contributed by atoms with Gasteiger partial charge in [-0.1, -0.05) is 37.3 Å². The minimum absolute atomic E-state index is 0.207. The zero-order valence-corrected chi connectivity index (χ0v) is 14.9. The van der Waals surface area contributed by atoms with Crippen LogP contribution in [0.3, 0.4) is 0 Å². The van der Waals surface area contributed by atoms with Gasteiger partial charge < -0.3 is 5.32 Å². The van der Waals surface area contributed by atoms with Gasteiger partial charge in [-0.2, -0.15) is 5.26 Å². The number of carbonyl (C=O) groups is 1. The van der Waals surface area contributed by atoms with Gasteiger partial charge in [-0.3, -0.25) is 4.79 Å². The third-order valence-electron chi connectivity index (χ3n) is 3.86. The van der Waals surface area contributed by atoms with Crippen molar-refractivity contribution >= 4 is 22.9 Å². The monoisotopic (exact) mass is 347 g/mol. The summed E-state index contributed by atoms with van der Waals surface area (Å²) in [6, 6.07) is 17.2. The van der Waals surface area contributed by atoms with Crippen LogP contribution in [0.25, 0.3) is 10.6 Å². The quantitative estimate of drug-likeness (QED) is 0.737. The molecule has 0 aliphatic heterocycles. The van der Waals surface area contributed by atoms with Crippen LogP contribution in [-0.4, -0.2) is 10.9 Å². The highest BCUT2D eigenvalue weighted by atomic mass is 32.1. The van der Waals surface area contributed by atoms with Crippen molar-refractivity contribution in [3.63, 3.8) is 0 Å². The van der Waals surface area contributed by atoms with Gasteiger partial charge in [0.2, 0.25) is 0 Å². The van der Waals surface area contributed by atoms with Gasteiger partial charge in [0, 0.05) is 11.3 Å². The summed E-state index contributed by atoms with van der Waals surface area (Å²) >= 11 is 1.38. The zero-order valence-electron chi connectivity index (χ0n) is 14.0. The normalized spacial score (nSPS) is 10.3. The molecule has 0 aliphatic carbocycles. The highest BCUT2D eigenvalue weighted by molar-refractivity contribution is 7.17. The highest BCUT2D eigenvalue weighted by Crippen LogP contribution is 2.29. The molecule has 3 aromatic rings. The Hall–Kier alpha value is -2.97. The molecule has 1 aromatic heterocycles. The molecule has 1 amide bonds. The van der Waals surface area contributed by atoms with Crippen LogP contribution in [0.2, 0.25) is 0 Å². The summed E-state index contributed by atoms with van der Waals surface area (Å²) in [5.41, 5.74) is 4.10. The molecule has 0 bridgehead atoms. The number of hydrogen-bond donors (Lipinski definition) is 1. The van der Waals surface area contributed by atoms with Crippen LogP contribution in [0.1, 0.15) is 33.4 Å². The summed E-state index contributed by atoms with van der Waals surface area (Å²) in [6.07, 6.45) is 0.993. The van der Waals surface area contributed by atoms with E-state index in [0.717, 1.165) is 17.0 Å². The second-order valence-corrected chi connectivity index (χ2v) is 6.63. The number of nitriles is 1. The minimum atomic E-state index is -0.207. The van der Waals surface area contributed by atoms with Crippen LogP contribution in [-0.2, 0) is 6.42 Å². The summed E-state index contributed by atoms with van der Waals surface area (Å²) in [4.78, 5) is 17.7. The van der Waals surface area contributed by atoms with Gasteiger partial charge in [0.05, 0.1) is 17.3 Å². The highest BCUT2D eigenvalue weighted by Gasteiger charge is 2.16. The summed E-state index contributed by atoms with van der Waals surface area (Å²) < 4.78 is 0. The number of nitrogens with zero attached hydrogens (tertiary/aromatic N) is 2. The topological polar surface area (TPSA) is 65.8 Å². The first-order valence-corrected chi connectivity index (χ1v) is 8.80. The molecule has 0 spiro atoms. The van der Waals surface area contributed by atoms with E-state index in [4.69, 9.17) is 5.26 Å². The van der Waals surface area contributed by atoms with E-state index in [1.165, 1.54) is 16.9 Å². The Bertz CT molecular complexity index is 952. The lowest BCUT2D eigenvalue weighted by Crippen LogP contribution is -2.11. The minimum Gasteiger partial charge on any atom is -0.321 e. The maximum atomic E-state index is 12.6. The molecule has 25 heavy (non-hydrogen) atoms. The first-order chi connectivity index (χ1) is 12.1. The second-order valence-electron chi connectivity index (χ2n) is 5.63. The van der Waals surface area contributed by atoms with E-state index in [9.17, 15) is 4.79 Å². The van der Waals surface area contributed by atoms with Gasteiger partial charge in [-0.15, -0.1) is 11.3 Å². The fourth-order valence-corrected chi connectivity index (χ4v) is 3.43. The number of hydrogen-bond acceptors (Lipinski definition) is 4. The molecule has 0 saturated carbocycles. The van der Waals surface area contributed by atoms with Crippen LogP contribution >= 0.6 is 11.3 Å². The van der Waals surface area contributed by atoms with Gasteiger partial charge >= 0.3 is 0 Å². The molecule has 0 radical (unpaired) electrons. The third kappa shape index (κ3) is 3.76. The number of aryl methyl sites for hydroxylation is 2. The van der Waals surface area contributed by atoms with Crippen molar-refractivity contribution in [2.24, 2.45) is 0 Å². The van der Waals surface area contributed by atoms with Crippen molar-refractivity contribution in [2.45, 2.75) is 20.3 Å². The van der Waals surface area contributed by atoms with Crippen LogP contribution in [0.4, 0.5) is 5.69 Å². The molecule has 124 valence electrons. The molecule has 4 nitrogen and oxygen atoms in total. The van der Waals surface area contributed by atoms with Gasteiger partial charge in [-0.25, -0.2) is 4.98 Å². The van der Waals surface area contributed by atoms with E-state index in [0.29, 0.717) is 21.8 Å². The molecule has 0 fully saturated rings. The smallest absolute Gasteiger partial charge is 0.267 e. The summed E-state index contributed by atoms with van der Waals surface area (Å²) in [6.45, 7) is 3.95. The SMILES string of the molecule is CCc1ccc(-c2nc(C)c(C(=O)Nc3cccc(C#N)c3)s2)cc1. The van der Waals surface area contributed by atoms with Crippen molar-refractivity contribution in [3.05, 3.63) is 70.2 Å². The standard InChI is InChI=1S/C20H17N3OS/c1-3-14-7-9-16(10-8-14)20-22-13(2)18(25-20)19(24)23-17-6-4-5-15(11-17)12-21/h4-11H,3H2,1-2H3,(H,23,24). The van der Waals surface area contributed by atoms with Crippen LogP contribution in [0.15, 0.2) is 48.5 Å². The molecule has 0 saturated heterocycles. The Morgan fingerprint density at radius 2 is 2.00 bits per heavy atom. The number of nitrogens with one attached hydrogen (secondary N) is 1. The lowest BCUT2D eigenvalue weighted by atomic mass is 10.1. The van der Waals surface area contributed by atoms with Crippen molar-refractivity contribution in [1.29, 1.82) is 5.26 Å². The van der Waals surface area contributed by atoms with E-state index < -0.39 is 0 Å². The van der Waals surface area contributed by atoms with Crippen LogP contribution < -0.4 is 5.32 Å². The van der Waals surface area contributed by atoms with Crippen molar-refractivity contribution < 1.29 is 4.79 Å². The van der Waals surface area contributed by atoms with E-state index in [1.807, 2.05) is 19.1 Å². The Morgan fingerprint density at radius 3 is 2.68 bits per heavy atom. The number of aromatic nitrogens is 1. The molecule has 0 unspecified atom stereocenters. The molecular formula is C20H17N3OS. The van der Waals surface area contributed by atoms with E-state index >= 15 is 0 Å². The number of amides is 1.